The Morgan fingerprint density at radius 3 is 2.55 bits per heavy atom. The average molecular weight is 310 g/mol. The van der Waals surface area contributed by atoms with Gasteiger partial charge >= 0.3 is 0 Å². The van der Waals surface area contributed by atoms with Crippen LogP contribution in [0.3, 0.4) is 0 Å². The van der Waals surface area contributed by atoms with Gasteiger partial charge in [0.05, 0.1) is 4.34 Å². The summed E-state index contributed by atoms with van der Waals surface area (Å²) in [5.74, 6) is 0. The van der Waals surface area contributed by atoms with Crippen LogP contribution in [-0.4, -0.2) is 11.7 Å². The standard InChI is InChI=1S/C16H20ClNOS/c1-12(15-9-10-16(17)20-15)18-14(8-5-11-19)13-6-3-2-4-7-13/h2-4,6-7,9-10,12,14,18-19H,5,8,11H2,1H3/t12-,14-/m1/s1. The second kappa shape index (κ2) is 7.79. The van der Waals surface area contributed by atoms with E-state index in [0.29, 0.717) is 0 Å². The van der Waals surface area contributed by atoms with Crippen LogP contribution in [0.15, 0.2) is 42.5 Å². The Balaban J connectivity index is 2.07. The first-order valence-electron chi connectivity index (χ1n) is 6.88. The number of hydrogen-bond donors (Lipinski definition) is 2. The Morgan fingerprint density at radius 2 is 1.95 bits per heavy atom. The monoisotopic (exact) mass is 309 g/mol. The number of halogens is 1. The normalized spacial score (nSPS) is 14.2. The topological polar surface area (TPSA) is 32.3 Å². The van der Waals surface area contributed by atoms with E-state index < -0.39 is 0 Å². The fourth-order valence-corrected chi connectivity index (χ4v) is 3.34. The molecule has 0 aliphatic heterocycles. The van der Waals surface area contributed by atoms with Crippen molar-refractivity contribution >= 4 is 22.9 Å². The summed E-state index contributed by atoms with van der Waals surface area (Å²) >= 11 is 7.61. The molecule has 2 N–H and O–H groups in total. The van der Waals surface area contributed by atoms with Crippen molar-refractivity contribution in [1.29, 1.82) is 0 Å². The molecule has 0 bridgehead atoms. The second-order valence-electron chi connectivity index (χ2n) is 4.86. The van der Waals surface area contributed by atoms with Gasteiger partial charge in [-0.3, -0.25) is 0 Å². The van der Waals surface area contributed by atoms with Crippen LogP contribution in [0.4, 0.5) is 0 Å². The summed E-state index contributed by atoms with van der Waals surface area (Å²) in [7, 11) is 0. The third kappa shape index (κ3) is 4.32. The maximum absolute atomic E-state index is 9.07. The number of rotatable bonds is 7. The summed E-state index contributed by atoms with van der Waals surface area (Å²) in [5.41, 5.74) is 1.26. The minimum Gasteiger partial charge on any atom is -0.396 e. The summed E-state index contributed by atoms with van der Waals surface area (Å²) in [5, 5.41) is 12.7. The molecular weight excluding hydrogens is 290 g/mol. The Kier molecular flexibility index (Phi) is 6.05. The fraction of sp³-hybridized carbons (Fsp3) is 0.375. The van der Waals surface area contributed by atoms with E-state index in [-0.39, 0.29) is 18.7 Å². The van der Waals surface area contributed by atoms with E-state index in [0.717, 1.165) is 17.2 Å². The summed E-state index contributed by atoms with van der Waals surface area (Å²) < 4.78 is 0.820. The van der Waals surface area contributed by atoms with Gasteiger partial charge in [-0.15, -0.1) is 11.3 Å². The number of hydrogen-bond acceptors (Lipinski definition) is 3. The smallest absolute Gasteiger partial charge is 0.0931 e. The Bertz CT molecular complexity index is 514. The zero-order valence-corrected chi connectivity index (χ0v) is 13.1. The molecule has 0 amide bonds. The van der Waals surface area contributed by atoms with Crippen LogP contribution in [0.5, 0.6) is 0 Å². The van der Waals surface area contributed by atoms with Crippen LogP contribution in [-0.2, 0) is 0 Å². The zero-order valence-electron chi connectivity index (χ0n) is 11.6. The molecule has 1 aromatic heterocycles. The van der Waals surface area contributed by atoms with Gasteiger partial charge in [-0.05, 0) is 37.5 Å². The molecule has 0 radical (unpaired) electrons. The molecular formula is C16H20ClNOS. The van der Waals surface area contributed by atoms with Gasteiger partial charge in [-0.25, -0.2) is 0 Å². The second-order valence-corrected chi connectivity index (χ2v) is 6.61. The lowest BCUT2D eigenvalue weighted by molar-refractivity contribution is 0.272. The van der Waals surface area contributed by atoms with Crippen molar-refractivity contribution in [1.82, 2.24) is 5.32 Å². The molecule has 2 atom stereocenters. The summed E-state index contributed by atoms with van der Waals surface area (Å²) in [6.07, 6.45) is 1.72. The van der Waals surface area contributed by atoms with Crippen molar-refractivity contribution in [3.63, 3.8) is 0 Å². The van der Waals surface area contributed by atoms with Gasteiger partial charge in [-0.2, -0.15) is 0 Å². The molecule has 0 saturated carbocycles. The predicted octanol–water partition coefficient (Wildman–Crippen LogP) is 4.57. The van der Waals surface area contributed by atoms with E-state index in [1.165, 1.54) is 10.4 Å². The molecule has 2 rings (SSSR count). The van der Waals surface area contributed by atoms with Crippen LogP contribution >= 0.6 is 22.9 Å². The number of benzene rings is 1. The SMILES string of the molecule is C[C@@H](N[C@H](CCCO)c1ccccc1)c1ccc(Cl)s1. The van der Waals surface area contributed by atoms with Crippen molar-refractivity contribution in [2.75, 3.05) is 6.61 Å². The zero-order chi connectivity index (χ0) is 14.4. The first-order valence-corrected chi connectivity index (χ1v) is 8.07. The van der Waals surface area contributed by atoms with Crippen molar-refractivity contribution in [3.05, 3.63) is 57.2 Å². The lowest BCUT2D eigenvalue weighted by Crippen LogP contribution is -2.24. The third-order valence-electron chi connectivity index (χ3n) is 3.32. The molecule has 2 nitrogen and oxygen atoms in total. The third-order valence-corrected chi connectivity index (χ3v) is 4.74. The quantitative estimate of drug-likeness (QED) is 0.785. The van der Waals surface area contributed by atoms with E-state index in [2.05, 4.69) is 42.6 Å². The largest absolute Gasteiger partial charge is 0.396 e. The minimum absolute atomic E-state index is 0.226. The highest BCUT2D eigenvalue weighted by Crippen LogP contribution is 2.29. The first-order chi connectivity index (χ1) is 9.70. The molecule has 0 aliphatic rings. The Hall–Kier alpha value is -0.870. The molecule has 108 valence electrons. The van der Waals surface area contributed by atoms with Crippen LogP contribution in [0.2, 0.25) is 4.34 Å². The van der Waals surface area contributed by atoms with Gasteiger partial charge in [0.1, 0.15) is 0 Å². The highest BCUT2D eigenvalue weighted by Gasteiger charge is 2.16. The van der Waals surface area contributed by atoms with Gasteiger partial charge in [-0.1, -0.05) is 41.9 Å². The maximum Gasteiger partial charge on any atom is 0.0931 e. The highest BCUT2D eigenvalue weighted by atomic mass is 35.5. The molecule has 20 heavy (non-hydrogen) atoms. The van der Waals surface area contributed by atoms with Crippen LogP contribution in [0.1, 0.15) is 42.3 Å². The molecule has 1 aromatic carbocycles. The molecule has 0 aliphatic carbocycles. The van der Waals surface area contributed by atoms with Crippen LogP contribution in [0, 0.1) is 0 Å². The van der Waals surface area contributed by atoms with Crippen molar-refractivity contribution < 1.29 is 5.11 Å². The maximum atomic E-state index is 9.07. The number of nitrogens with one attached hydrogen (secondary N) is 1. The predicted molar refractivity (Wildman–Crippen MR) is 86.4 cm³/mol. The van der Waals surface area contributed by atoms with E-state index in [1.807, 2.05) is 12.1 Å². The molecule has 4 heteroatoms. The molecule has 0 spiro atoms. The fourth-order valence-electron chi connectivity index (χ4n) is 2.27. The molecule has 0 unspecified atom stereocenters. The number of thiophene rings is 1. The summed E-state index contributed by atoms with van der Waals surface area (Å²) in [6.45, 7) is 2.38. The van der Waals surface area contributed by atoms with Gasteiger partial charge in [0.25, 0.3) is 0 Å². The van der Waals surface area contributed by atoms with Crippen molar-refractivity contribution in [2.45, 2.75) is 31.8 Å². The van der Waals surface area contributed by atoms with E-state index >= 15 is 0 Å². The number of aliphatic hydroxyl groups excluding tert-OH is 1. The molecule has 0 fully saturated rings. The van der Waals surface area contributed by atoms with Gasteiger partial charge in [0.2, 0.25) is 0 Å². The first kappa shape index (κ1) is 15.5. The molecule has 1 heterocycles. The van der Waals surface area contributed by atoms with Crippen LogP contribution in [0.25, 0.3) is 0 Å². The number of aliphatic hydroxyl groups is 1. The van der Waals surface area contributed by atoms with Gasteiger partial charge in [0, 0.05) is 23.6 Å². The minimum atomic E-state index is 0.226. The van der Waals surface area contributed by atoms with E-state index in [1.54, 1.807) is 11.3 Å². The molecule has 0 saturated heterocycles. The average Bonchev–Trinajstić information content (AvgIpc) is 2.91. The highest BCUT2D eigenvalue weighted by molar-refractivity contribution is 7.16. The summed E-state index contributed by atoms with van der Waals surface area (Å²) in [4.78, 5) is 1.24. The van der Waals surface area contributed by atoms with Crippen molar-refractivity contribution in [3.8, 4) is 0 Å². The lowest BCUT2D eigenvalue weighted by Gasteiger charge is -2.23. The Morgan fingerprint density at radius 1 is 1.20 bits per heavy atom. The van der Waals surface area contributed by atoms with E-state index in [9.17, 15) is 0 Å². The van der Waals surface area contributed by atoms with Crippen molar-refractivity contribution in [2.24, 2.45) is 0 Å². The van der Waals surface area contributed by atoms with Gasteiger partial charge < -0.3 is 10.4 Å². The molecule has 2 aromatic rings. The summed E-state index contributed by atoms with van der Waals surface area (Å²) in [6, 6.07) is 14.9. The van der Waals surface area contributed by atoms with Gasteiger partial charge in [0.15, 0.2) is 0 Å². The Labute approximate surface area is 129 Å². The lowest BCUT2D eigenvalue weighted by atomic mass is 10.0. The van der Waals surface area contributed by atoms with E-state index in [4.69, 9.17) is 16.7 Å². The van der Waals surface area contributed by atoms with Crippen LogP contribution < -0.4 is 5.32 Å².